The van der Waals surface area contributed by atoms with Crippen molar-refractivity contribution >= 4 is 51.0 Å². The summed E-state index contributed by atoms with van der Waals surface area (Å²) in [6, 6.07) is 27.9. The molecule has 0 radical (unpaired) electrons. The third-order valence-electron chi connectivity index (χ3n) is 5.54. The van der Waals surface area contributed by atoms with Gasteiger partial charge in [-0.05, 0) is 93.7 Å². The highest BCUT2D eigenvalue weighted by molar-refractivity contribution is 14.1. The van der Waals surface area contributed by atoms with Crippen LogP contribution in [-0.2, 0) is 11.4 Å². The van der Waals surface area contributed by atoms with Crippen molar-refractivity contribution < 1.29 is 9.53 Å². The Morgan fingerprint density at radius 3 is 2.62 bits per heavy atom. The maximum atomic E-state index is 12.7. The van der Waals surface area contributed by atoms with Crippen molar-refractivity contribution in [2.45, 2.75) is 20.5 Å². The zero-order valence-corrected chi connectivity index (χ0v) is 21.1. The molecule has 34 heavy (non-hydrogen) atoms. The highest BCUT2D eigenvalue weighted by Gasteiger charge is 2.12. The number of hydrogen-bond acceptors (Lipinski definition) is 3. The van der Waals surface area contributed by atoms with Crippen LogP contribution in [0.4, 0.5) is 5.69 Å². The number of carbonyl (C=O) groups excluding carboxylic acids is 1. The van der Waals surface area contributed by atoms with Crippen molar-refractivity contribution in [1.29, 1.82) is 5.26 Å². The third-order valence-corrected chi connectivity index (χ3v) is 6.38. The minimum atomic E-state index is -0.428. The molecule has 1 N–H and O–H groups in total. The SMILES string of the molecule is Cc1ccc(C)c(NC(=O)/C(C#N)=C/c2ccc(OCc3cccc4ccccc34)c(I)c2)c1. The molecule has 0 heterocycles. The van der Waals surface area contributed by atoms with Crippen LogP contribution in [0.15, 0.2) is 84.4 Å². The zero-order valence-electron chi connectivity index (χ0n) is 18.9. The van der Waals surface area contributed by atoms with Crippen LogP contribution in [0.3, 0.4) is 0 Å². The smallest absolute Gasteiger partial charge is 0.266 e. The van der Waals surface area contributed by atoms with Crippen LogP contribution < -0.4 is 10.1 Å². The second-order valence-electron chi connectivity index (χ2n) is 8.06. The topological polar surface area (TPSA) is 62.1 Å². The quantitative estimate of drug-likeness (QED) is 0.155. The molecular weight excluding hydrogens is 535 g/mol. The van der Waals surface area contributed by atoms with E-state index in [0.717, 1.165) is 31.6 Å². The Balaban J connectivity index is 1.49. The molecule has 4 aromatic rings. The van der Waals surface area contributed by atoms with Gasteiger partial charge in [-0.2, -0.15) is 5.26 Å². The van der Waals surface area contributed by atoms with Crippen LogP contribution in [0, 0.1) is 28.7 Å². The molecule has 0 aromatic heterocycles. The first-order chi connectivity index (χ1) is 16.4. The minimum Gasteiger partial charge on any atom is -0.488 e. The van der Waals surface area contributed by atoms with Gasteiger partial charge in [0.15, 0.2) is 0 Å². The number of anilines is 1. The lowest BCUT2D eigenvalue weighted by atomic mass is 10.1. The first-order valence-electron chi connectivity index (χ1n) is 10.8. The maximum absolute atomic E-state index is 12.7. The van der Waals surface area contributed by atoms with Gasteiger partial charge >= 0.3 is 0 Å². The summed E-state index contributed by atoms with van der Waals surface area (Å²) in [7, 11) is 0. The van der Waals surface area contributed by atoms with Gasteiger partial charge in [-0.1, -0.05) is 60.7 Å². The number of rotatable bonds is 6. The van der Waals surface area contributed by atoms with Crippen molar-refractivity contribution in [2.75, 3.05) is 5.32 Å². The van der Waals surface area contributed by atoms with E-state index in [1.54, 1.807) is 6.08 Å². The number of fused-ring (bicyclic) bond motifs is 1. The van der Waals surface area contributed by atoms with Gasteiger partial charge in [0.1, 0.15) is 24.0 Å². The van der Waals surface area contributed by atoms with E-state index in [1.807, 2.05) is 74.5 Å². The average molecular weight is 558 g/mol. The molecule has 168 valence electrons. The fraction of sp³-hybridized carbons (Fsp3) is 0.103. The van der Waals surface area contributed by atoms with E-state index in [4.69, 9.17) is 4.74 Å². The molecule has 0 saturated carbocycles. The molecule has 1 amide bonds. The van der Waals surface area contributed by atoms with Crippen LogP contribution in [0.5, 0.6) is 5.75 Å². The van der Waals surface area contributed by atoms with Crippen molar-refractivity contribution in [3.63, 3.8) is 0 Å². The Bertz CT molecular complexity index is 1450. The molecule has 4 rings (SSSR count). The van der Waals surface area contributed by atoms with Crippen molar-refractivity contribution in [3.05, 3.63) is 110 Å². The van der Waals surface area contributed by atoms with E-state index in [-0.39, 0.29) is 5.57 Å². The minimum absolute atomic E-state index is 0.0427. The van der Waals surface area contributed by atoms with Crippen LogP contribution in [-0.4, -0.2) is 5.91 Å². The molecule has 0 saturated heterocycles. The predicted molar refractivity (Wildman–Crippen MR) is 146 cm³/mol. The second kappa shape index (κ2) is 10.5. The predicted octanol–water partition coefficient (Wildman–Crippen LogP) is 7.19. The van der Waals surface area contributed by atoms with Gasteiger partial charge in [0.25, 0.3) is 5.91 Å². The molecule has 5 heteroatoms. The number of nitrogens with zero attached hydrogens (tertiary/aromatic N) is 1. The average Bonchev–Trinajstić information content (AvgIpc) is 2.84. The largest absolute Gasteiger partial charge is 0.488 e. The Kier molecular flexibility index (Phi) is 7.29. The summed E-state index contributed by atoms with van der Waals surface area (Å²) >= 11 is 2.21. The van der Waals surface area contributed by atoms with Gasteiger partial charge < -0.3 is 10.1 Å². The lowest BCUT2D eigenvalue weighted by Gasteiger charge is -2.11. The van der Waals surface area contributed by atoms with Gasteiger partial charge in [-0.25, -0.2) is 0 Å². The molecule has 0 aliphatic rings. The number of amides is 1. The van der Waals surface area contributed by atoms with E-state index in [1.165, 1.54) is 10.8 Å². The lowest BCUT2D eigenvalue weighted by molar-refractivity contribution is -0.112. The second-order valence-corrected chi connectivity index (χ2v) is 9.22. The van der Waals surface area contributed by atoms with E-state index in [2.05, 4.69) is 52.2 Å². The van der Waals surface area contributed by atoms with Crippen LogP contribution in [0.2, 0.25) is 0 Å². The fourth-order valence-corrected chi connectivity index (χ4v) is 4.37. The summed E-state index contributed by atoms with van der Waals surface area (Å²) in [6.45, 7) is 4.33. The normalized spacial score (nSPS) is 11.2. The summed E-state index contributed by atoms with van der Waals surface area (Å²) in [6.07, 6.45) is 1.59. The first kappa shape index (κ1) is 23.5. The molecule has 0 unspecified atom stereocenters. The monoisotopic (exact) mass is 558 g/mol. The summed E-state index contributed by atoms with van der Waals surface area (Å²) in [5.41, 5.74) is 4.61. The highest BCUT2D eigenvalue weighted by Crippen LogP contribution is 2.26. The van der Waals surface area contributed by atoms with E-state index in [0.29, 0.717) is 12.3 Å². The van der Waals surface area contributed by atoms with E-state index in [9.17, 15) is 10.1 Å². The van der Waals surface area contributed by atoms with Gasteiger partial charge in [-0.15, -0.1) is 0 Å². The lowest BCUT2D eigenvalue weighted by Crippen LogP contribution is -2.14. The molecular formula is C29H23IN2O2. The first-order valence-corrected chi connectivity index (χ1v) is 11.9. The number of ether oxygens (including phenoxy) is 1. The molecule has 0 aliphatic carbocycles. The molecule has 4 nitrogen and oxygen atoms in total. The summed E-state index contributed by atoms with van der Waals surface area (Å²) < 4.78 is 7.00. The number of aryl methyl sites for hydroxylation is 2. The van der Waals surface area contributed by atoms with Crippen molar-refractivity contribution in [1.82, 2.24) is 0 Å². The number of halogens is 1. The Hall–Kier alpha value is -3.63. The standard InChI is InChI=1S/C29H23IN2O2/c1-19-10-11-20(2)27(14-19)32-29(33)24(17-31)15-21-12-13-28(26(30)16-21)34-18-23-8-5-7-22-6-3-4-9-25(22)23/h3-16H,18H2,1-2H3,(H,32,33)/b24-15+. The van der Waals surface area contributed by atoms with Crippen LogP contribution >= 0.6 is 22.6 Å². The summed E-state index contributed by atoms with van der Waals surface area (Å²) in [5, 5.41) is 14.8. The highest BCUT2D eigenvalue weighted by atomic mass is 127. The summed E-state index contributed by atoms with van der Waals surface area (Å²) in [4.78, 5) is 12.7. The van der Waals surface area contributed by atoms with Crippen LogP contribution in [0.1, 0.15) is 22.3 Å². The number of nitriles is 1. The molecule has 4 aromatic carbocycles. The number of benzene rings is 4. The molecule has 0 bridgehead atoms. The summed E-state index contributed by atoms with van der Waals surface area (Å²) in [5.74, 6) is 0.325. The van der Waals surface area contributed by atoms with E-state index < -0.39 is 5.91 Å². The van der Waals surface area contributed by atoms with Crippen molar-refractivity contribution in [2.24, 2.45) is 0 Å². The number of hydrogen-bond donors (Lipinski definition) is 1. The van der Waals surface area contributed by atoms with Gasteiger partial charge in [-0.3, -0.25) is 4.79 Å². The molecule has 0 aliphatic heterocycles. The van der Waals surface area contributed by atoms with Crippen LogP contribution in [0.25, 0.3) is 16.8 Å². The molecule has 0 atom stereocenters. The third kappa shape index (κ3) is 5.46. The number of carbonyl (C=O) groups is 1. The fourth-order valence-electron chi connectivity index (χ4n) is 3.67. The van der Waals surface area contributed by atoms with E-state index >= 15 is 0 Å². The Labute approximate surface area is 213 Å². The Morgan fingerprint density at radius 2 is 1.82 bits per heavy atom. The van der Waals surface area contributed by atoms with Crippen molar-refractivity contribution in [3.8, 4) is 11.8 Å². The maximum Gasteiger partial charge on any atom is 0.266 e. The van der Waals surface area contributed by atoms with Gasteiger partial charge in [0.05, 0.1) is 3.57 Å². The molecule has 0 fully saturated rings. The Morgan fingerprint density at radius 1 is 1.03 bits per heavy atom. The number of nitrogens with one attached hydrogen (secondary N) is 1. The van der Waals surface area contributed by atoms with Gasteiger partial charge in [0.2, 0.25) is 0 Å². The molecule has 0 spiro atoms. The van der Waals surface area contributed by atoms with Gasteiger partial charge in [0, 0.05) is 5.69 Å². The zero-order chi connectivity index (χ0) is 24.1.